The van der Waals surface area contributed by atoms with Crippen LogP contribution in [0.25, 0.3) is 0 Å². The quantitative estimate of drug-likeness (QED) is 0.898. The summed E-state index contributed by atoms with van der Waals surface area (Å²) in [7, 11) is 0. The van der Waals surface area contributed by atoms with E-state index in [1.54, 1.807) is 4.90 Å². The number of likely N-dealkylation sites (tertiary alicyclic amines) is 1. The fourth-order valence-corrected chi connectivity index (χ4v) is 3.85. The Hall–Kier alpha value is -1.59. The molecule has 3 rings (SSSR count). The molecule has 0 bridgehead atoms. The van der Waals surface area contributed by atoms with Gasteiger partial charge in [-0.15, -0.1) is 0 Å². The molecule has 6 heteroatoms. The van der Waals surface area contributed by atoms with Crippen LogP contribution in [0.4, 0.5) is 0 Å². The van der Waals surface area contributed by atoms with Crippen LogP contribution in [0.3, 0.4) is 0 Å². The Labute approximate surface area is 154 Å². The van der Waals surface area contributed by atoms with Crippen molar-refractivity contribution in [2.75, 3.05) is 32.7 Å². The average Bonchev–Trinajstić information content (AvgIpc) is 2.61. The highest BCUT2D eigenvalue weighted by molar-refractivity contribution is 6.30. The maximum atomic E-state index is 12.9. The van der Waals surface area contributed by atoms with E-state index in [1.165, 1.54) is 0 Å². The van der Waals surface area contributed by atoms with Crippen molar-refractivity contribution in [3.8, 4) is 0 Å². The third-order valence-electron chi connectivity index (χ3n) is 5.04. The van der Waals surface area contributed by atoms with Gasteiger partial charge in [-0.2, -0.15) is 0 Å². The lowest BCUT2D eigenvalue weighted by Crippen LogP contribution is -2.52. The van der Waals surface area contributed by atoms with Gasteiger partial charge in [0.25, 0.3) is 0 Å². The molecule has 1 aromatic carbocycles. The normalized spacial score (nSPS) is 22.4. The van der Waals surface area contributed by atoms with Crippen LogP contribution in [-0.2, 0) is 9.59 Å². The van der Waals surface area contributed by atoms with Gasteiger partial charge >= 0.3 is 0 Å². The number of benzene rings is 1. The molecule has 0 aliphatic carbocycles. The fourth-order valence-electron chi connectivity index (χ4n) is 3.65. The van der Waals surface area contributed by atoms with Crippen molar-refractivity contribution in [1.82, 2.24) is 15.1 Å². The van der Waals surface area contributed by atoms with E-state index in [1.807, 2.05) is 29.2 Å². The molecule has 136 valence electrons. The van der Waals surface area contributed by atoms with Crippen LogP contribution in [0.2, 0.25) is 5.02 Å². The summed E-state index contributed by atoms with van der Waals surface area (Å²) in [4.78, 5) is 28.9. The predicted molar refractivity (Wildman–Crippen MR) is 98.4 cm³/mol. The molecule has 2 saturated heterocycles. The number of carbonyl (C=O) groups excluding carboxylic acids is 2. The Bertz CT molecular complexity index is 622. The first kappa shape index (κ1) is 18.2. The molecule has 2 amide bonds. The van der Waals surface area contributed by atoms with Crippen LogP contribution in [-0.4, -0.2) is 54.3 Å². The summed E-state index contributed by atoms with van der Waals surface area (Å²) in [5.74, 6) is 0.142. The third-order valence-corrected chi connectivity index (χ3v) is 5.28. The molecule has 0 spiro atoms. The number of carbonyl (C=O) groups is 2. The van der Waals surface area contributed by atoms with Gasteiger partial charge in [0.2, 0.25) is 11.8 Å². The smallest absolute Gasteiger partial charge is 0.242 e. The molecule has 2 fully saturated rings. The minimum Gasteiger partial charge on any atom is -0.333 e. The second-order valence-corrected chi connectivity index (χ2v) is 7.28. The zero-order chi connectivity index (χ0) is 17.6. The lowest BCUT2D eigenvalue weighted by molar-refractivity contribution is -0.143. The van der Waals surface area contributed by atoms with Gasteiger partial charge in [-0.3, -0.25) is 9.59 Å². The number of hydrogen-bond acceptors (Lipinski definition) is 3. The molecule has 1 atom stereocenters. The van der Waals surface area contributed by atoms with Crippen LogP contribution < -0.4 is 5.32 Å². The summed E-state index contributed by atoms with van der Waals surface area (Å²) in [5.41, 5.74) is 1.03. The topological polar surface area (TPSA) is 52.7 Å². The highest BCUT2D eigenvalue weighted by Gasteiger charge is 2.30. The summed E-state index contributed by atoms with van der Waals surface area (Å²) in [5, 5.41) is 4.03. The van der Waals surface area contributed by atoms with Crippen molar-refractivity contribution < 1.29 is 9.59 Å². The van der Waals surface area contributed by atoms with Gasteiger partial charge in [0.05, 0.1) is 12.6 Å². The lowest BCUT2D eigenvalue weighted by atomic mass is 10.0. The van der Waals surface area contributed by atoms with Crippen molar-refractivity contribution >= 4 is 23.4 Å². The highest BCUT2D eigenvalue weighted by Crippen LogP contribution is 2.25. The molecule has 5 nitrogen and oxygen atoms in total. The van der Waals surface area contributed by atoms with Gasteiger partial charge in [-0.1, -0.05) is 36.6 Å². The molecule has 1 unspecified atom stereocenters. The number of rotatable bonds is 3. The monoisotopic (exact) mass is 363 g/mol. The number of hydrogen-bond donors (Lipinski definition) is 1. The maximum Gasteiger partial charge on any atom is 0.242 e. The van der Waals surface area contributed by atoms with E-state index in [4.69, 9.17) is 11.6 Å². The van der Waals surface area contributed by atoms with E-state index in [0.29, 0.717) is 31.1 Å². The number of amides is 2. The van der Waals surface area contributed by atoms with Crippen molar-refractivity contribution in [2.45, 2.75) is 38.1 Å². The molecule has 1 aromatic rings. The summed E-state index contributed by atoms with van der Waals surface area (Å²) >= 11 is 6.12. The number of halogens is 1. The second kappa shape index (κ2) is 8.68. The summed E-state index contributed by atoms with van der Waals surface area (Å²) in [6.45, 7) is 3.02. The van der Waals surface area contributed by atoms with Gasteiger partial charge < -0.3 is 15.1 Å². The Kier molecular flexibility index (Phi) is 6.32. The minimum atomic E-state index is -0.0372. The molecular formula is C19H26ClN3O2. The lowest BCUT2D eigenvalue weighted by Gasteiger charge is -2.38. The molecule has 2 aliphatic rings. The molecule has 0 aromatic heterocycles. The SMILES string of the molecule is O=C1CCCCCCN1CC(=O)N1CCNCC1c1cccc(Cl)c1. The van der Waals surface area contributed by atoms with Crippen molar-refractivity contribution in [3.63, 3.8) is 0 Å². The average molecular weight is 364 g/mol. The largest absolute Gasteiger partial charge is 0.333 e. The molecule has 2 heterocycles. The van der Waals surface area contributed by atoms with Gasteiger partial charge in [-0.05, 0) is 30.5 Å². The Morgan fingerprint density at radius 3 is 2.88 bits per heavy atom. The summed E-state index contributed by atoms with van der Waals surface area (Å²) in [6.07, 6.45) is 4.73. The number of nitrogens with zero attached hydrogens (tertiary/aromatic N) is 2. The zero-order valence-corrected chi connectivity index (χ0v) is 15.3. The molecule has 0 radical (unpaired) electrons. The van der Waals surface area contributed by atoms with Crippen molar-refractivity contribution in [2.24, 2.45) is 0 Å². The Morgan fingerprint density at radius 2 is 2.04 bits per heavy atom. The van der Waals surface area contributed by atoms with E-state index in [0.717, 1.165) is 37.8 Å². The first-order chi connectivity index (χ1) is 12.1. The van der Waals surface area contributed by atoms with Gasteiger partial charge in [0, 0.05) is 37.6 Å². The van der Waals surface area contributed by atoms with E-state index in [-0.39, 0.29) is 24.4 Å². The van der Waals surface area contributed by atoms with Gasteiger partial charge in [0.1, 0.15) is 0 Å². The Morgan fingerprint density at radius 1 is 1.20 bits per heavy atom. The fraction of sp³-hybridized carbons (Fsp3) is 0.579. The van der Waals surface area contributed by atoms with Crippen LogP contribution in [0.1, 0.15) is 43.7 Å². The molecular weight excluding hydrogens is 338 g/mol. The third kappa shape index (κ3) is 4.73. The predicted octanol–water partition coefficient (Wildman–Crippen LogP) is 2.61. The van der Waals surface area contributed by atoms with E-state index in [9.17, 15) is 9.59 Å². The number of nitrogens with one attached hydrogen (secondary N) is 1. The minimum absolute atomic E-state index is 0.0281. The Balaban J connectivity index is 1.71. The van der Waals surface area contributed by atoms with Crippen molar-refractivity contribution in [3.05, 3.63) is 34.9 Å². The zero-order valence-electron chi connectivity index (χ0n) is 14.5. The van der Waals surface area contributed by atoms with Crippen LogP contribution in [0, 0.1) is 0 Å². The molecule has 25 heavy (non-hydrogen) atoms. The molecule has 1 N–H and O–H groups in total. The van der Waals surface area contributed by atoms with Crippen LogP contribution in [0.15, 0.2) is 24.3 Å². The first-order valence-corrected chi connectivity index (χ1v) is 9.56. The van der Waals surface area contributed by atoms with Gasteiger partial charge in [0.15, 0.2) is 0 Å². The van der Waals surface area contributed by atoms with Crippen LogP contribution >= 0.6 is 11.6 Å². The van der Waals surface area contributed by atoms with Crippen molar-refractivity contribution in [1.29, 1.82) is 0 Å². The highest BCUT2D eigenvalue weighted by atomic mass is 35.5. The van der Waals surface area contributed by atoms with E-state index >= 15 is 0 Å². The molecule has 0 saturated carbocycles. The van der Waals surface area contributed by atoms with Gasteiger partial charge in [-0.25, -0.2) is 0 Å². The first-order valence-electron chi connectivity index (χ1n) is 9.18. The standard InChI is InChI=1S/C19H26ClN3O2/c20-16-7-5-6-15(12-16)17-13-21-9-11-23(17)19(25)14-22-10-4-2-1-3-8-18(22)24/h5-7,12,17,21H,1-4,8-11,13-14H2. The molecule has 2 aliphatic heterocycles. The second-order valence-electron chi connectivity index (χ2n) is 6.84. The van der Waals surface area contributed by atoms with Crippen LogP contribution in [0.5, 0.6) is 0 Å². The summed E-state index contributed by atoms with van der Waals surface area (Å²) < 4.78 is 0. The van der Waals surface area contributed by atoms with E-state index in [2.05, 4.69) is 5.32 Å². The van der Waals surface area contributed by atoms with E-state index < -0.39 is 0 Å². The summed E-state index contributed by atoms with van der Waals surface area (Å²) in [6, 6.07) is 7.64. The number of piperazine rings is 1. The maximum absolute atomic E-state index is 12.9.